The number of carbonyl (C=O) groups is 1. The summed E-state index contributed by atoms with van der Waals surface area (Å²) in [7, 11) is 0. The highest BCUT2D eigenvalue weighted by atomic mass is 32.2. The van der Waals surface area contributed by atoms with Crippen molar-refractivity contribution >= 4 is 29.0 Å². The van der Waals surface area contributed by atoms with E-state index < -0.39 is 11.4 Å². The van der Waals surface area contributed by atoms with Gasteiger partial charge in [0.2, 0.25) is 5.91 Å². The number of rotatable bonds is 5. The molecule has 132 valence electrons. The van der Waals surface area contributed by atoms with E-state index in [1.54, 1.807) is 30.3 Å². The van der Waals surface area contributed by atoms with E-state index >= 15 is 0 Å². The molecule has 0 aliphatic rings. The number of thioether (sulfide) groups is 1. The van der Waals surface area contributed by atoms with Crippen LogP contribution in [0.3, 0.4) is 0 Å². The van der Waals surface area contributed by atoms with E-state index in [2.05, 4.69) is 20.5 Å². The summed E-state index contributed by atoms with van der Waals surface area (Å²) in [5, 5.41) is 10.6. The molecule has 7 nitrogen and oxygen atoms in total. The summed E-state index contributed by atoms with van der Waals surface area (Å²) in [6.45, 7) is 0. The number of nitrogens with one attached hydrogen (secondary N) is 2. The number of nitrogens with zero attached hydrogens (tertiary/aromatic N) is 2. The molecule has 3 rings (SSSR count). The lowest BCUT2D eigenvalue weighted by Gasteiger charge is -2.06. The normalized spacial score (nSPS) is 10.5. The SMILES string of the molecule is Nc1ccccc1-c1nnc(SCC(=O)Nc2cccc(F)c2)[nH]c1=O. The first-order valence-electron chi connectivity index (χ1n) is 7.53. The molecule has 4 N–H and O–H groups in total. The van der Waals surface area contributed by atoms with Crippen molar-refractivity contribution in [2.45, 2.75) is 5.16 Å². The van der Waals surface area contributed by atoms with Crippen molar-refractivity contribution in [2.75, 3.05) is 16.8 Å². The summed E-state index contributed by atoms with van der Waals surface area (Å²) in [4.78, 5) is 26.7. The van der Waals surface area contributed by atoms with Gasteiger partial charge in [-0.15, -0.1) is 10.2 Å². The number of para-hydroxylation sites is 1. The van der Waals surface area contributed by atoms with Gasteiger partial charge < -0.3 is 11.1 Å². The molecule has 9 heteroatoms. The van der Waals surface area contributed by atoms with Gasteiger partial charge in [-0.3, -0.25) is 14.6 Å². The molecule has 0 aliphatic heterocycles. The number of anilines is 2. The van der Waals surface area contributed by atoms with E-state index in [-0.39, 0.29) is 22.5 Å². The van der Waals surface area contributed by atoms with Gasteiger partial charge in [-0.05, 0) is 24.3 Å². The fourth-order valence-electron chi connectivity index (χ4n) is 2.17. The third kappa shape index (κ3) is 4.25. The molecule has 0 bridgehead atoms. The molecule has 0 saturated carbocycles. The Morgan fingerprint density at radius 3 is 2.73 bits per heavy atom. The number of nitrogen functional groups attached to an aromatic ring is 1. The van der Waals surface area contributed by atoms with E-state index in [0.717, 1.165) is 11.8 Å². The summed E-state index contributed by atoms with van der Waals surface area (Å²) in [5.74, 6) is -0.824. The summed E-state index contributed by atoms with van der Waals surface area (Å²) in [6.07, 6.45) is 0. The van der Waals surface area contributed by atoms with Crippen molar-refractivity contribution in [3.63, 3.8) is 0 Å². The van der Waals surface area contributed by atoms with E-state index in [1.807, 2.05) is 0 Å². The molecule has 0 unspecified atom stereocenters. The van der Waals surface area contributed by atoms with Gasteiger partial charge in [0.05, 0.1) is 5.75 Å². The van der Waals surface area contributed by atoms with Crippen LogP contribution in [0.15, 0.2) is 58.5 Å². The second-order valence-electron chi connectivity index (χ2n) is 5.24. The predicted molar refractivity (Wildman–Crippen MR) is 98.3 cm³/mol. The Labute approximate surface area is 151 Å². The van der Waals surface area contributed by atoms with Crippen LogP contribution >= 0.6 is 11.8 Å². The van der Waals surface area contributed by atoms with E-state index in [4.69, 9.17) is 5.73 Å². The monoisotopic (exact) mass is 371 g/mol. The lowest BCUT2D eigenvalue weighted by molar-refractivity contribution is -0.113. The Bertz CT molecular complexity index is 1010. The zero-order valence-corrected chi connectivity index (χ0v) is 14.2. The zero-order valence-electron chi connectivity index (χ0n) is 13.4. The maximum Gasteiger partial charge on any atom is 0.278 e. The second-order valence-corrected chi connectivity index (χ2v) is 6.21. The Morgan fingerprint density at radius 2 is 2.00 bits per heavy atom. The Morgan fingerprint density at radius 1 is 1.19 bits per heavy atom. The van der Waals surface area contributed by atoms with Crippen molar-refractivity contribution in [3.8, 4) is 11.3 Å². The van der Waals surface area contributed by atoms with Crippen LogP contribution in [-0.4, -0.2) is 26.8 Å². The van der Waals surface area contributed by atoms with Crippen LogP contribution in [0.25, 0.3) is 11.3 Å². The average Bonchev–Trinajstić information content (AvgIpc) is 2.61. The van der Waals surface area contributed by atoms with Gasteiger partial charge in [-0.25, -0.2) is 4.39 Å². The van der Waals surface area contributed by atoms with Crippen LogP contribution in [0.2, 0.25) is 0 Å². The standard InChI is InChI=1S/C17H14FN5O2S/c18-10-4-3-5-11(8-10)20-14(24)9-26-17-21-16(25)15(22-23-17)12-6-1-2-7-13(12)19/h1-8H,9,19H2,(H,20,24)(H,21,23,25). The molecule has 0 aliphatic carbocycles. The Hall–Kier alpha value is -3.20. The molecule has 0 saturated heterocycles. The molecule has 0 fully saturated rings. The van der Waals surface area contributed by atoms with E-state index in [0.29, 0.717) is 16.9 Å². The summed E-state index contributed by atoms with van der Waals surface area (Å²) in [6, 6.07) is 12.4. The smallest absolute Gasteiger partial charge is 0.278 e. The number of hydrogen-bond donors (Lipinski definition) is 3. The highest BCUT2D eigenvalue weighted by Crippen LogP contribution is 2.20. The molecule has 2 aromatic carbocycles. The number of H-pyrrole nitrogens is 1. The van der Waals surface area contributed by atoms with Crippen molar-refractivity contribution < 1.29 is 9.18 Å². The lowest BCUT2D eigenvalue weighted by Crippen LogP contribution is -2.17. The first-order valence-corrected chi connectivity index (χ1v) is 8.51. The van der Waals surface area contributed by atoms with Crippen molar-refractivity contribution in [3.05, 3.63) is 64.7 Å². The molecular weight excluding hydrogens is 357 g/mol. The van der Waals surface area contributed by atoms with Gasteiger partial charge >= 0.3 is 0 Å². The number of hydrogen-bond acceptors (Lipinski definition) is 6. The minimum Gasteiger partial charge on any atom is -0.398 e. The second kappa shape index (κ2) is 7.79. The molecule has 26 heavy (non-hydrogen) atoms. The summed E-state index contributed by atoms with van der Waals surface area (Å²) >= 11 is 1.01. The van der Waals surface area contributed by atoms with E-state index in [9.17, 15) is 14.0 Å². The number of amides is 1. The summed E-state index contributed by atoms with van der Waals surface area (Å²) in [5.41, 5.74) is 6.75. The maximum absolute atomic E-state index is 13.1. The number of halogens is 1. The number of benzene rings is 2. The molecule has 1 heterocycles. The summed E-state index contributed by atoms with van der Waals surface area (Å²) < 4.78 is 13.1. The number of carbonyl (C=O) groups excluding carboxylic acids is 1. The quantitative estimate of drug-likeness (QED) is 0.468. The Balaban J connectivity index is 1.66. The van der Waals surface area contributed by atoms with Gasteiger partial charge in [-0.2, -0.15) is 0 Å². The average molecular weight is 371 g/mol. The molecule has 0 atom stereocenters. The first kappa shape index (κ1) is 17.6. The maximum atomic E-state index is 13.1. The van der Waals surface area contributed by atoms with Crippen molar-refractivity contribution in [2.24, 2.45) is 0 Å². The molecule has 1 amide bonds. The fraction of sp³-hybridized carbons (Fsp3) is 0.0588. The number of aromatic nitrogens is 3. The van der Waals surface area contributed by atoms with Crippen LogP contribution in [-0.2, 0) is 4.79 Å². The third-order valence-corrected chi connectivity index (χ3v) is 4.20. The van der Waals surface area contributed by atoms with Gasteiger partial charge in [0.25, 0.3) is 5.56 Å². The number of nitrogens with two attached hydrogens (primary N) is 1. The van der Waals surface area contributed by atoms with Gasteiger partial charge in [0.1, 0.15) is 5.82 Å². The highest BCUT2D eigenvalue weighted by Gasteiger charge is 2.12. The molecular formula is C17H14FN5O2S. The third-order valence-electron chi connectivity index (χ3n) is 3.34. The highest BCUT2D eigenvalue weighted by molar-refractivity contribution is 7.99. The topological polar surface area (TPSA) is 114 Å². The van der Waals surface area contributed by atoms with Crippen molar-refractivity contribution in [1.29, 1.82) is 0 Å². The van der Waals surface area contributed by atoms with Gasteiger partial charge in [-0.1, -0.05) is 36.0 Å². The van der Waals surface area contributed by atoms with Crippen LogP contribution in [0, 0.1) is 5.82 Å². The van der Waals surface area contributed by atoms with Gasteiger partial charge in [0.15, 0.2) is 10.9 Å². The fourth-order valence-corrected chi connectivity index (χ4v) is 2.78. The molecule has 3 aromatic rings. The van der Waals surface area contributed by atoms with Gasteiger partial charge in [0, 0.05) is 16.9 Å². The van der Waals surface area contributed by atoms with E-state index in [1.165, 1.54) is 18.2 Å². The lowest BCUT2D eigenvalue weighted by atomic mass is 10.1. The minimum atomic E-state index is -0.453. The number of aromatic amines is 1. The predicted octanol–water partition coefficient (Wildman–Crippen LogP) is 2.28. The largest absolute Gasteiger partial charge is 0.398 e. The first-order chi connectivity index (χ1) is 12.5. The van der Waals surface area contributed by atoms with Crippen molar-refractivity contribution in [1.82, 2.24) is 15.2 Å². The van der Waals surface area contributed by atoms with Crippen LogP contribution in [0.5, 0.6) is 0 Å². The molecule has 1 aromatic heterocycles. The van der Waals surface area contributed by atoms with Crippen LogP contribution in [0.1, 0.15) is 0 Å². The Kier molecular flexibility index (Phi) is 5.28. The molecule has 0 spiro atoms. The molecule has 0 radical (unpaired) electrons. The minimum absolute atomic E-state index is 0.0199. The van der Waals surface area contributed by atoms with Crippen LogP contribution in [0.4, 0.5) is 15.8 Å². The zero-order chi connectivity index (χ0) is 18.5. The van der Waals surface area contributed by atoms with Crippen LogP contribution < -0.4 is 16.6 Å².